The summed E-state index contributed by atoms with van der Waals surface area (Å²) < 4.78 is 11.5. The van der Waals surface area contributed by atoms with Gasteiger partial charge in [-0.25, -0.2) is 9.97 Å². The van der Waals surface area contributed by atoms with Gasteiger partial charge in [-0.3, -0.25) is 4.90 Å². The summed E-state index contributed by atoms with van der Waals surface area (Å²) in [5, 5.41) is 4.12. The molecule has 1 saturated heterocycles. The normalized spacial score (nSPS) is 15.0. The number of nitrogens with one attached hydrogen (secondary N) is 1. The number of anilines is 1. The third-order valence-corrected chi connectivity index (χ3v) is 6.12. The largest absolute Gasteiger partial charge is 0.497 e. The van der Waals surface area contributed by atoms with Crippen LogP contribution in [0.3, 0.4) is 0 Å². The van der Waals surface area contributed by atoms with Crippen LogP contribution in [0.1, 0.15) is 11.5 Å². The molecule has 5 rings (SSSR count). The zero-order valence-corrected chi connectivity index (χ0v) is 19.0. The predicted octanol–water partition coefficient (Wildman–Crippen LogP) is 4.01. The summed E-state index contributed by atoms with van der Waals surface area (Å²) in [6, 6.07) is 9.86. The van der Waals surface area contributed by atoms with Crippen LogP contribution in [0.4, 0.5) is 5.69 Å². The maximum Gasteiger partial charge on any atom is 0.159 e. The number of aryl methyl sites for hydroxylation is 1. The lowest BCUT2D eigenvalue weighted by Gasteiger charge is -2.36. The standard InChI is InChI=1S/C22H23BrN6O2/c1-14-10-16(27-31-14)13-28-6-8-29(9-7-28)20-18(23)12-24-22-19(20)25-21(26-22)15-4-3-5-17(11-15)30-2/h3-5,10-12H,6-9,13H2,1-2H3,(H,24,25,26). The van der Waals surface area contributed by atoms with Crippen LogP contribution in [0.5, 0.6) is 5.75 Å². The number of halogens is 1. The molecule has 1 N–H and O–H groups in total. The molecule has 0 radical (unpaired) electrons. The van der Waals surface area contributed by atoms with Gasteiger partial charge in [-0.2, -0.15) is 0 Å². The highest BCUT2D eigenvalue weighted by atomic mass is 79.9. The number of rotatable bonds is 5. The minimum Gasteiger partial charge on any atom is -0.497 e. The Kier molecular flexibility index (Phi) is 5.37. The van der Waals surface area contributed by atoms with Crippen molar-refractivity contribution in [2.45, 2.75) is 13.5 Å². The Morgan fingerprint density at radius 3 is 2.77 bits per heavy atom. The smallest absolute Gasteiger partial charge is 0.159 e. The van der Waals surface area contributed by atoms with Gasteiger partial charge in [0.15, 0.2) is 5.65 Å². The van der Waals surface area contributed by atoms with E-state index in [1.807, 2.05) is 43.5 Å². The molecule has 0 saturated carbocycles. The van der Waals surface area contributed by atoms with Crippen molar-refractivity contribution in [2.75, 3.05) is 38.2 Å². The summed E-state index contributed by atoms with van der Waals surface area (Å²) in [7, 11) is 1.66. The number of benzene rings is 1. The number of fused-ring (bicyclic) bond motifs is 1. The van der Waals surface area contributed by atoms with Crippen LogP contribution in [0.2, 0.25) is 0 Å². The van der Waals surface area contributed by atoms with Gasteiger partial charge in [0.2, 0.25) is 0 Å². The van der Waals surface area contributed by atoms with Crippen molar-refractivity contribution in [3.8, 4) is 17.1 Å². The molecular weight excluding hydrogens is 460 g/mol. The van der Waals surface area contributed by atoms with E-state index in [1.54, 1.807) is 7.11 Å². The van der Waals surface area contributed by atoms with Crippen LogP contribution in [-0.2, 0) is 6.54 Å². The van der Waals surface area contributed by atoms with Gasteiger partial charge in [0.05, 0.1) is 23.0 Å². The Morgan fingerprint density at radius 1 is 1.19 bits per heavy atom. The van der Waals surface area contributed by atoms with E-state index in [-0.39, 0.29) is 0 Å². The number of hydrogen-bond acceptors (Lipinski definition) is 7. The minimum absolute atomic E-state index is 0.775. The lowest BCUT2D eigenvalue weighted by atomic mass is 10.2. The maximum absolute atomic E-state index is 5.35. The van der Waals surface area contributed by atoms with Gasteiger partial charge < -0.3 is 19.1 Å². The number of pyridine rings is 1. The molecule has 8 nitrogen and oxygen atoms in total. The summed E-state index contributed by atoms with van der Waals surface area (Å²) in [6.07, 6.45) is 1.84. The molecule has 4 heterocycles. The number of piperazine rings is 1. The summed E-state index contributed by atoms with van der Waals surface area (Å²) in [4.78, 5) is 17.6. The molecule has 1 aromatic carbocycles. The molecule has 0 spiro atoms. The Bertz CT molecular complexity index is 1210. The fraction of sp³-hybridized carbons (Fsp3) is 0.318. The lowest BCUT2D eigenvalue weighted by Crippen LogP contribution is -2.46. The van der Waals surface area contributed by atoms with Gasteiger partial charge in [0.25, 0.3) is 0 Å². The van der Waals surface area contributed by atoms with Crippen molar-refractivity contribution in [1.29, 1.82) is 0 Å². The number of nitrogens with zero attached hydrogens (tertiary/aromatic N) is 5. The Balaban J connectivity index is 1.39. The van der Waals surface area contributed by atoms with E-state index in [0.717, 1.165) is 82.6 Å². The highest BCUT2D eigenvalue weighted by Crippen LogP contribution is 2.34. The molecular formula is C22H23BrN6O2. The number of aromatic nitrogens is 4. The van der Waals surface area contributed by atoms with E-state index in [9.17, 15) is 0 Å². The second kappa shape index (κ2) is 8.32. The van der Waals surface area contributed by atoms with Crippen molar-refractivity contribution < 1.29 is 9.26 Å². The van der Waals surface area contributed by atoms with Crippen LogP contribution >= 0.6 is 15.9 Å². The highest BCUT2D eigenvalue weighted by Gasteiger charge is 2.23. The van der Waals surface area contributed by atoms with Crippen molar-refractivity contribution in [2.24, 2.45) is 0 Å². The van der Waals surface area contributed by atoms with E-state index < -0.39 is 0 Å². The molecule has 0 unspecified atom stereocenters. The molecule has 0 bridgehead atoms. The van der Waals surface area contributed by atoms with Gasteiger partial charge in [-0.1, -0.05) is 17.3 Å². The van der Waals surface area contributed by atoms with E-state index >= 15 is 0 Å². The van der Waals surface area contributed by atoms with E-state index in [0.29, 0.717) is 0 Å². The van der Waals surface area contributed by atoms with Gasteiger partial charge in [0.1, 0.15) is 22.9 Å². The van der Waals surface area contributed by atoms with Gasteiger partial charge in [0, 0.05) is 50.6 Å². The topological polar surface area (TPSA) is 83.3 Å². The van der Waals surface area contributed by atoms with Crippen LogP contribution in [0, 0.1) is 6.92 Å². The van der Waals surface area contributed by atoms with Crippen molar-refractivity contribution >= 4 is 32.8 Å². The molecule has 1 fully saturated rings. The first-order valence-electron chi connectivity index (χ1n) is 10.2. The van der Waals surface area contributed by atoms with Crippen molar-refractivity contribution in [1.82, 2.24) is 25.0 Å². The quantitative estimate of drug-likeness (QED) is 0.459. The Morgan fingerprint density at radius 2 is 2.03 bits per heavy atom. The average molecular weight is 483 g/mol. The molecule has 4 aromatic rings. The number of hydrogen-bond donors (Lipinski definition) is 1. The second-order valence-corrected chi connectivity index (χ2v) is 8.52. The van der Waals surface area contributed by atoms with Gasteiger partial charge >= 0.3 is 0 Å². The first-order valence-corrected chi connectivity index (χ1v) is 11.0. The second-order valence-electron chi connectivity index (χ2n) is 7.66. The van der Waals surface area contributed by atoms with Gasteiger partial charge in [-0.15, -0.1) is 0 Å². The monoisotopic (exact) mass is 482 g/mol. The molecule has 0 amide bonds. The van der Waals surface area contributed by atoms with E-state index in [1.165, 1.54) is 0 Å². The molecule has 31 heavy (non-hydrogen) atoms. The fourth-order valence-electron chi connectivity index (χ4n) is 3.98. The number of methoxy groups -OCH3 is 1. The molecule has 1 aliphatic rings. The molecule has 0 aliphatic carbocycles. The van der Waals surface area contributed by atoms with Crippen LogP contribution < -0.4 is 9.64 Å². The van der Waals surface area contributed by atoms with Crippen molar-refractivity contribution in [3.63, 3.8) is 0 Å². The zero-order chi connectivity index (χ0) is 21.4. The molecule has 0 atom stereocenters. The van der Waals surface area contributed by atoms with E-state index in [2.05, 4.69) is 40.9 Å². The summed E-state index contributed by atoms with van der Waals surface area (Å²) in [5.41, 5.74) is 4.66. The number of H-pyrrole nitrogens is 1. The lowest BCUT2D eigenvalue weighted by molar-refractivity contribution is 0.242. The zero-order valence-electron chi connectivity index (χ0n) is 17.4. The van der Waals surface area contributed by atoms with Crippen LogP contribution in [-0.4, -0.2) is 58.3 Å². The maximum atomic E-state index is 5.35. The number of aromatic amines is 1. The molecule has 160 valence electrons. The Labute approximate surface area is 188 Å². The third kappa shape index (κ3) is 4.03. The van der Waals surface area contributed by atoms with Crippen molar-refractivity contribution in [3.05, 3.63) is 52.5 Å². The molecule has 3 aromatic heterocycles. The Hall–Kier alpha value is -2.91. The summed E-state index contributed by atoms with van der Waals surface area (Å²) >= 11 is 3.70. The predicted molar refractivity (Wildman–Crippen MR) is 122 cm³/mol. The minimum atomic E-state index is 0.775. The average Bonchev–Trinajstić information content (AvgIpc) is 3.40. The summed E-state index contributed by atoms with van der Waals surface area (Å²) in [5.74, 6) is 2.42. The number of ether oxygens (including phenoxy) is 1. The van der Waals surface area contributed by atoms with Gasteiger partial charge in [-0.05, 0) is 35.0 Å². The molecule has 9 heteroatoms. The highest BCUT2D eigenvalue weighted by molar-refractivity contribution is 9.10. The van der Waals surface area contributed by atoms with Crippen LogP contribution in [0.25, 0.3) is 22.6 Å². The third-order valence-electron chi connectivity index (χ3n) is 5.54. The van der Waals surface area contributed by atoms with Crippen LogP contribution in [0.15, 0.2) is 45.5 Å². The first kappa shape index (κ1) is 20.0. The fourth-order valence-corrected chi connectivity index (χ4v) is 4.52. The first-order chi connectivity index (χ1) is 15.1. The summed E-state index contributed by atoms with van der Waals surface area (Å²) in [6.45, 7) is 6.40. The molecule has 1 aliphatic heterocycles. The van der Waals surface area contributed by atoms with E-state index in [4.69, 9.17) is 14.2 Å². The number of imidazole rings is 1. The SMILES string of the molecule is COc1cccc(-c2nc3c(N4CCN(Cc5cc(C)on5)CC4)c(Br)cnc3[nH]2)c1.